The van der Waals surface area contributed by atoms with Crippen molar-refractivity contribution in [3.8, 4) is 5.75 Å². The zero-order valence-corrected chi connectivity index (χ0v) is 15.6. The monoisotopic (exact) mass is 367 g/mol. The fourth-order valence-corrected chi connectivity index (χ4v) is 3.10. The van der Waals surface area contributed by atoms with Crippen molar-refractivity contribution in [2.75, 3.05) is 19.7 Å². The molecular weight excluding hydrogens is 342 g/mol. The quantitative estimate of drug-likeness (QED) is 0.851. The van der Waals surface area contributed by atoms with Gasteiger partial charge in [0.1, 0.15) is 5.75 Å². The second kappa shape index (κ2) is 9.16. The molecule has 0 unspecified atom stereocenters. The van der Waals surface area contributed by atoms with Crippen LogP contribution < -0.4 is 10.1 Å². The molecule has 6 heteroatoms. The summed E-state index contributed by atoms with van der Waals surface area (Å²) in [7, 11) is 0. The van der Waals surface area contributed by atoms with Gasteiger partial charge in [0.2, 0.25) is 5.91 Å². The normalized spacial score (nSPS) is 14.6. The summed E-state index contributed by atoms with van der Waals surface area (Å²) < 4.78 is 5.56. The highest BCUT2D eigenvalue weighted by molar-refractivity contribution is 5.80. The molecule has 0 atom stereocenters. The van der Waals surface area contributed by atoms with Crippen molar-refractivity contribution in [2.45, 2.75) is 26.3 Å². The fraction of sp³-hybridized carbons (Fsp3) is 0.381. The van der Waals surface area contributed by atoms with Crippen LogP contribution in [0.4, 0.5) is 0 Å². The number of carbonyl (C=O) groups is 2. The molecule has 1 N–H and O–H groups in total. The molecule has 1 aromatic carbocycles. The van der Waals surface area contributed by atoms with E-state index in [1.54, 1.807) is 17.3 Å². The molecule has 0 spiro atoms. The first-order chi connectivity index (χ1) is 13.1. The SMILES string of the molecule is Cc1ccc(OCC(=O)N2CCC(C(=O)NCc3ccncc3)CC2)cc1. The Balaban J connectivity index is 1.39. The molecule has 2 amide bonds. The molecule has 6 nitrogen and oxygen atoms in total. The van der Waals surface area contributed by atoms with Gasteiger partial charge in [0.25, 0.3) is 5.91 Å². The van der Waals surface area contributed by atoms with E-state index in [9.17, 15) is 9.59 Å². The molecule has 1 saturated heterocycles. The fourth-order valence-electron chi connectivity index (χ4n) is 3.10. The molecule has 0 aliphatic carbocycles. The van der Waals surface area contributed by atoms with Gasteiger partial charge in [-0.2, -0.15) is 0 Å². The minimum Gasteiger partial charge on any atom is -0.484 e. The zero-order chi connectivity index (χ0) is 19.1. The minimum atomic E-state index is -0.0473. The Kier molecular flexibility index (Phi) is 6.41. The Labute approximate surface area is 159 Å². The summed E-state index contributed by atoms with van der Waals surface area (Å²) in [4.78, 5) is 30.4. The van der Waals surface area contributed by atoms with Crippen LogP contribution in [0.25, 0.3) is 0 Å². The summed E-state index contributed by atoms with van der Waals surface area (Å²) in [5.74, 6) is 0.661. The zero-order valence-electron chi connectivity index (χ0n) is 15.6. The summed E-state index contributed by atoms with van der Waals surface area (Å²) in [6.07, 6.45) is 4.78. The maximum absolute atomic E-state index is 12.3. The average Bonchev–Trinajstić information content (AvgIpc) is 2.72. The van der Waals surface area contributed by atoms with E-state index in [-0.39, 0.29) is 24.3 Å². The van der Waals surface area contributed by atoms with Crippen molar-refractivity contribution in [1.29, 1.82) is 0 Å². The Morgan fingerprint density at radius 3 is 2.44 bits per heavy atom. The Morgan fingerprint density at radius 2 is 1.78 bits per heavy atom. The lowest BCUT2D eigenvalue weighted by atomic mass is 9.96. The standard InChI is InChI=1S/C21H25N3O3/c1-16-2-4-19(5-3-16)27-15-20(25)24-12-8-18(9-13-24)21(26)23-14-17-6-10-22-11-7-17/h2-7,10-11,18H,8-9,12-15H2,1H3,(H,23,26). The van der Waals surface area contributed by atoms with Gasteiger partial charge < -0.3 is 15.0 Å². The number of pyridine rings is 1. The Morgan fingerprint density at radius 1 is 1.11 bits per heavy atom. The maximum Gasteiger partial charge on any atom is 0.260 e. The van der Waals surface area contributed by atoms with Crippen molar-refractivity contribution < 1.29 is 14.3 Å². The Hall–Kier alpha value is -2.89. The molecule has 0 radical (unpaired) electrons. The molecule has 2 aromatic rings. The van der Waals surface area contributed by atoms with E-state index < -0.39 is 0 Å². The number of rotatable bonds is 6. The van der Waals surface area contributed by atoms with E-state index in [1.165, 1.54) is 0 Å². The highest BCUT2D eigenvalue weighted by Crippen LogP contribution is 2.18. The number of ether oxygens (including phenoxy) is 1. The Bertz CT molecular complexity index is 754. The number of amides is 2. The predicted octanol–water partition coefficient (Wildman–Crippen LogP) is 2.32. The van der Waals surface area contributed by atoms with E-state index >= 15 is 0 Å². The van der Waals surface area contributed by atoms with Crippen LogP contribution >= 0.6 is 0 Å². The van der Waals surface area contributed by atoms with Crippen molar-refractivity contribution >= 4 is 11.8 Å². The summed E-state index contributed by atoms with van der Waals surface area (Å²) in [5.41, 5.74) is 2.18. The number of aromatic nitrogens is 1. The van der Waals surface area contributed by atoms with Gasteiger partial charge >= 0.3 is 0 Å². The topological polar surface area (TPSA) is 71.5 Å². The van der Waals surface area contributed by atoms with Crippen LogP contribution in [0.2, 0.25) is 0 Å². The number of likely N-dealkylation sites (tertiary alicyclic amines) is 1. The molecule has 0 bridgehead atoms. The number of nitrogens with zero attached hydrogens (tertiary/aromatic N) is 2. The van der Waals surface area contributed by atoms with Gasteiger partial charge in [-0.25, -0.2) is 0 Å². The van der Waals surface area contributed by atoms with E-state index in [0.717, 1.165) is 11.1 Å². The first-order valence-corrected chi connectivity index (χ1v) is 9.25. The van der Waals surface area contributed by atoms with E-state index in [2.05, 4.69) is 10.3 Å². The lowest BCUT2D eigenvalue weighted by molar-refractivity contribution is -0.137. The maximum atomic E-state index is 12.3. The lowest BCUT2D eigenvalue weighted by Gasteiger charge is -2.31. The highest BCUT2D eigenvalue weighted by Gasteiger charge is 2.27. The van der Waals surface area contributed by atoms with Gasteiger partial charge in [-0.1, -0.05) is 17.7 Å². The van der Waals surface area contributed by atoms with Crippen LogP contribution in [0.15, 0.2) is 48.8 Å². The molecule has 0 saturated carbocycles. The summed E-state index contributed by atoms with van der Waals surface area (Å²) in [6, 6.07) is 11.4. The van der Waals surface area contributed by atoms with Crippen molar-refractivity contribution in [2.24, 2.45) is 5.92 Å². The number of nitrogens with one attached hydrogen (secondary N) is 1. The van der Waals surface area contributed by atoms with E-state index in [1.807, 2.05) is 43.3 Å². The van der Waals surface area contributed by atoms with Crippen LogP contribution in [0.5, 0.6) is 5.75 Å². The molecule has 27 heavy (non-hydrogen) atoms. The molecule has 2 heterocycles. The third-order valence-corrected chi connectivity index (χ3v) is 4.82. The highest BCUT2D eigenvalue weighted by atomic mass is 16.5. The molecule has 142 valence electrons. The van der Waals surface area contributed by atoms with E-state index in [0.29, 0.717) is 38.2 Å². The van der Waals surface area contributed by atoms with Crippen molar-refractivity contribution in [3.05, 3.63) is 59.9 Å². The number of hydrogen-bond donors (Lipinski definition) is 1. The number of piperidine rings is 1. The van der Waals surface area contributed by atoms with Gasteiger partial charge in [-0.3, -0.25) is 14.6 Å². The van der Waals surface area contributed by atoms with Crippen LogP contribution in [-0.2, 0) is 16.1 Å². The largest absolute Gasteiger partial charge is 0.484 e. The molecule has 1 aliphatic rings. The number of aryl methyl sites for hydroxylation is 1. The lowest BCUT2D eigenvalue weighted by Crippen LogP contribution is -2.44. The first kappa shape index (κ1) is 18.9. The summed E-state index contributed by atoms with van der Waals surface area (Å²) in [5, 5.41) is 2.97. The van der Waals surface area contributed by atoms with Crippen molar-refractivity contribution in [1.82, 2.24) is 15.2 Å². The van der Waals surface area contributed by atoms with Crippen molar-refractivity contribution in [3.63, 3.8) is 0 Å². The van der Waals surface area contributed by atoms with Crippen LogP contribution in [0.1, 0.15) is 24.0 Å². The number of carbonyl (C=O) groups excluding carboxylic acids is 2. The predicted molar refractivity (Wildman–Crippen MR) is 102 cm³/mol. The number of benzene rings is 1. The molecule has 1 aromatic heterocycles. The first-order valence-electron chi connectivity index (χ1n) is 9.25. The average molecular weight is 367 g/mol. The summed E-state index contributed by atoms with van der Waals surface area (Å²) in [6.45, 7) is 3.71. The third kappa shape index (κ3) is 5.54. The second-order valence-corrected chi connectivity index (χ2v) is 6.83. The van der Waals surface area contributed by atoms with Gasteiger partial charge in [0, 0.05) is 37.9 Å². The molecule has 3 rings (SSSR count). The van der Waals surface area contributed by atoms with Gasteiger partial charge in [0.15, 0.2) is 6.61 Å². The summed E-state index contributed by atoms with van der Waals surface area (Å²) >= 11 is 0. The smallest absolute Gasteiger partial charge is 0.260 e. The van der Waals surface area contributed by atoms with Crippen LogP contribution in [0.3, 0.4) is 0 Å². The van der Waals surface area contributed by atoms with Gasteiger partial charge in [0.05, 0.1) is 0 Å². The third-order valence-electron chi connectivity index (χ3n) is 4.82. The van der Waals surface area contributed by atoms with Gasteiger partial charge in [-0.15, -0.1) is 0 Å². The molecule has 1 fully saturated rings. The number of hydrogen-bond acceptors (Lipinski definition) is 4. The van der Waals surface area contributed by atoms with Crippen LogP contribution in [0, 0.1) is 12.8 Å². The molecular formula is C21H25N3O3. The molecule has 1 aliphatic heterocycles. The minimum absolute atomic E-state index is 0.0297. The van der Waals surface area contributed by atoms with E-state index in [4.69, 9.17) is 4.74 Å². The van der Waals surface area contributed by atoms with Crippen LogP contribution in [-0.4, -0.2) is 41.4 Å². The van der Waals surface area contributed by atoms with Gasteiger partial charge in [-0.05, 0) is 49.6 Å². The second-order valence-electron chi connectivity index (χ2n) is 6.83.